The summed E-state index contributed by atoms with van der Waals surface area (Å²) in [6.07, 6.45) is 2.14. The summed E-state index contributed by atoms with van der Waals surface area (Å²) < 4.78 is 12.7. The van der Waals surface area contributed by atoms with Gasteiger partial charge < -0.3 is 10.2 Å². The van der Waals surface area contributed by atoms with Crippen LogP contribution in [0.25, 0.3) is 6.08 Å². The van der Waals surface area contributed by atoms with Gasteiger partial charge in [0.25, 0.3) is 0 Å². The first-order chi connectivity index (χ1) is 6.09. The summed E-state index contributed by atoms with van der Waals surface area (Å²) in [7, 11) is 0. The smallest absolute Gasteiger partial charge is 0.328 e. The van der Waals surface area contributed by atoms with Crippen molar-refractivity contribution in [2.24, 2.45) is 0 Å². The molecule has 68 valence electrons. The van der Waals surface area contributed by atoms with Gasteiger partial charge in [-0.3, -0.25) is 0 Å². The Bertz CT molecular complexity index is 358. The average molecular weight is 182 g/mol. The van der Waals surface area contributed by atoms with E-state index in [4.69, 9.17) is 10.2 Å². The molecule has 2 N–H and O–H groups in total. The predicted octanol–water partition coefficient (Wildman–Crippen LogP) is 1.63. The first-order valence-electron chi connectivity index (χ1n) is 3.49. The third kappa shape index (κ3) is 2.59. The Hall–Kier alpha value is -1.84. The number of rotatable bonds is 2. The second-order valence-electron chi connectivity index (χ2n) is 2.38. The van der Waals surface area contributed by atoms with Crippen LogP contribution in [0.5, 0.6) is 5.75 Å². The molecular formula is C9H7FO3. The fraction of sp³-hybridized carbons (Fsp3) is 0. The predicted molar refractivity (Wildman–Crippen MR) is 44.7 cm³/mol. The van der Waals surface area contributed by atoms with E-state index >= 15 is 0 Å². The summed E-state index contributed by atoms with van der Waals surface area (Å²) >= 11 is 0. The normalized spacial score (nSPS) is 10.5. The number of benzene rings is 1. The Morgan fingerprint density at radius 2 is 2.15 bits per heavy atom. The van der Waals surface area contributed by atoms with Crippen LogP contribution in [-0.2, 0) is 4.79 Å². The highest BCUT2D eigenvalue weighted by molar-refractivity contribution is 5.85. The molecule has 13 heavy (non-hydrogen) atoms. The van der Waals surface area contributed by atoms with Crippen molar-refractivity contribution in [3.63, 3.8) is 0 Å². The van der Waals surface area contributed by atoms with Crippen molar-refractivity contribution >= 4 is 12.0 Å². The van der Waals surface area contributed by atoms with Gasteiger partial charge in [0.1, 0.15) is 0 Å². The molecule has 0 aliphatic carbocycles. The Balaban J connectivity index is 2.92. The van der Waals surface area contributed by atoms with Gasteiger partial charge in [-0.1, -0.05) is 6.07 Å². The fourth-order valence-corrected chi connectivity index (χ4v) is 0.794. The number of aromatic hydroxyl groups is 1. The molecule has 0 radical (unpaired) electrons. The van der Waals surface area contributed by atoms with Crippen LogP contribution in [0.15, 0.2) is 24.3 Å². The molecule has 0 aliphatic rings. The van der Waals surface area contributed by atoms with Crippen molar-refractivity contribution in [1.29, 1.82) is 0 Å². The van der Waals surface area contributed by atoms with Crippen molar-refractivity contribution in [3.8, 4) is 5.75 Å². The zero-order chi connectivity index (χ0) is 9.84. The molecule has 0 amide bonds. The maximum atomic E-state index is 12.7. The fourth-order valence-electron chi connectivity index (χ4n) is 0.794. The van der Waals surface area contributed by atoms with Gasteiger partial charge in [-0.15, -0.1) is 0 Å². The minimum atomic E-state index is -1.10. The summed E-state index contributed by atoms with van der Waals surface area (Å²) in [6.45, 7) is 0. The Morgan fingerprint density at radius 1 is 1.46 bits per heavy atom. The molecule has 1 aromatic carbocycles. The van der Waals surface area contributed by atoms with Gasteiger partial charge in [0.15, 0.2) is 11.6 Å². The van der Waals surface area contributed by atoms with E-state index in [0.717, 1.165) is 18.2 Å². The Morgan fingerprint density at radius 3 is 2.69 bits per heavy atom. The standard InChI is InChI=1S/C9H7FO3/c10-7-5-6(1-3-8(7)11)2-4-9(12)13/h1-5,11H,(H,12,13)/b4-2+. The van der Waals surface area contributed by atoms with Gasteiger partial charge in [0, 0.05) is 6.08 Å². The van der Waals surface area contributed by atoms with Crippen molar-refractivity contribution in [3.05, 3.63) is 35.7 Å². The van der Waals surface area contributed by atoms with Gasteiger partial charge in [0.2, 0.25) is 0 Å². The van der Waals surface area contributed by atoms with Crippen molar-refractivity contribution in [2.75, 3.05) is 0 Å². The highest BCUT2D eigenvalue weighted by Crippen LogP contribution is 2.16. The molecule has 1 rings (SSSR count). The molecule has 4 heteroatoms. The van der Waals surface area contributed by atoms with E-state index in [1.807, 2.05) is 0 Å². The number of hydrogen-bond donors (Lipinski definition) is 2. The second-order valence-corrected chi connectivity index (χ2v) is 2.38. The molecule has 0 aromatic heterocycles. The molecule has 0 saturated heterocycles. The van der Waals surface area contributed by atoms with Crippen molar-refractivity contribution in [1.82, 2.24) is 0 Å². The van der Waals surface area contributed by atoms with E-state index in [9.17, 15) is 9.18 Å². The lowest BCUT2D eigenvalue weighted by Gasteiger charge is -1.95. The molecular weight excluding hydrogens is 175 g/mol. The van der Waals surface area contributed by atoms with E-state index in [1.54, 1.807) is 0 Å². The summed E-state index contributed by atoms with van der Waals surface area (Å²) in [4.78, 5) is 10.1. The largest absolute Gasteiger partial charge is 0.505 e. The van der Waals surface area contributed by atoms with E-state index in [2.05, 4.69) is 0 Å². The molecule has 0 unspecified atom stereocenters. The van der Waals surface area contributed by atoms with Gasteiger partial charge in [-0.05, 0) is 23.8 Å². The molecule has 0 spiro atoms. The van der Waals surface area contributed by atoms with Crippen LogP contribution >= 0.6 is 0 Å². The number of carboxylic acid groups (broad SMARTS) is 1. The van der Waals surface area contributed by atoms with E-state index < -0.39 is 17.5 Å². The molecule has 3 nitrogen and oxygen atoms in total. The zero-order valence-corrected chi connectivity index (χ0v) is 6.57. The second kappa shape index (κ2) is 3.71. The van der Waals surface area contributed by atoms with Gasteiger partial charge in [-0.25, -0.2) is 9.18 Å². The topological polar surface area (TPSA) is 57.5 Å². The Kier molecular flexibility index (Phi) is 2.64. The number of carboxylic acids is 1. The SMILES string of the molecule is O=C(O)/C=C/c1ccc(O)c(F)c1. The quantitative estimate of drug-likeness (QED) is 0.683. The summed E-state index contributed by atoms with van der Waals surface area (Å²) in [6, 6.07) is 3.63. The van der Waals surface area contributed by atoms with Crippen LogP contribution in [0.2, 0.25) is 0 Å². The zero-order valence-electron chi connectivity index (χ0n) is 6.57. The van der Waals surface area contributed by atoms with Crippen LogP contribution in [0.1, 0.15) is 5.56 Å². The minimum absolute atomic E-state index is 0.387. The van der Waals surface area contributed by atoms with Gasteiger partial charge in [-0.2, -0.15) is 0 Å². The third-order valence-electron chi connectivity index (χ3n) is 1.39. The van der Waals surface area contributed by atoms with E-state index in [0.29, 0.717) is 5.56 Å². The molecule has 0 saturated carbocycles. The van der Waals surface area contributed by atoms with Crippen LogP contribution < -0.4 is 0 Å². The molecule has 0 aliphatic heterocycles. The number of carbonyl (C=O) groups is 1. The van der Waals surface area contributed by atoms with Crippen molar-refractivity contribution in [2.45, 2.75) is 0 Å². The first-order valence-corrected chi connectivity index (χ1v) is 3.49. The number of halogens is 1. The lowest BCUT2D eigenvalue weighted by molar-refractivity contribution is -0.131. The number of phenolic OH excluding ortho intramolecular Hbond substituents is 1. The van der Waals surface area contributed by atoms with Crippen LogP contribution in [0.3, 0.4) is 0 Å². The Labute approximate surface area is 73.8 Å². The van der Waals surface area contributed by atoms with E-state index in [-0.39, 0.29) is 0 Å². The average Bonchev–Trinajstić information content (AvgIpc) is 2.07. The van der Waals surface area contributed by atoms with Crippen LogP contribution in [0, 0.1) is 5.82 Å². The molecule has 0 atom stereocenters. The summed E-state index contributed by atoms with van der Waals surface area (Å²) in [5.41, 5.74) is 0.387. The maximum Gasteiger partial charge on any atom is 0.328 e. The highest BCUT2D eigenvalue weighted by atomic mass is 19.1. The number of hydrogen-bond acceptors (Lipinski definition) is 2. The summed E-state index contributed by atoms with van der Waals surface area (Å²) in [5, 5.41) is 17.1. The lowest BCUT2D eigenvalue weighted by Crippen LogP contribution is -1.86. The minimum Gasteiger partial charge on any atom is -0.505 e. The van der Waals surface area contributed by atoms with Gasteiger partial charge >= 0.3 is 5.97 Å². The molecule has 0 bridgehead atoms. The number of phenols is 1. The van der Waals surface area contributed by atoms with Crippen molar-refractivity contribution < 1.29 is 19.4 Å². The highest BCUT2D eigenvalue weighted by Gasteiger charge is 1.98. The summed E-state index contributed by atoms with van der Waals surface area (Å²) in [5.74, 6) is -2.33. The van der Waals surface area contributed by atoms with Crippen LogP contribution in [-0.4, -0.2) is 16.2 Å². The maximum absolute atomic E-state index is 12.7. The molecule has 0 heterocycles. The van der Waals surface area contributed by atoms with E-state index in [1.165, 1.54) is 12.1 Å². The number of aliphatic carboxylic acids is 1. The van der Waals surface area contributed by atoms with Crippen LogP contribution in [0.4, 0.5) is 4.39 Å². The molecule has 0 fully saturated rings. The monoisotopic (exact) mass is 182 g/mol. The first kappa shape index (κ1) is 9.25. The lowest BCUT2D eigenvalue weighted by atomic mass is 10.2. The van der Waals surface area contributed by atoms with Gasteiger partial charge in [0.05, 0.1) is 0 Å². The molecule has 1 aromatic rings. The third-order valence-corrected chi connectivity index (χ3v) is 1.39.